The van der Waals surface area contributed by atoms with Crippen LogP contribution in [0, 0.1) is 6.92 Å². The van der Waals surface area contributed by atoms with Crippen LogP contribution in [-0.4, -0.2) is 9.97 Å². The average Bonchev–Trinajstić information content (AvgIpc) is 3.05. The third-order valence-electron chi connectivity index (χ3n) is 3.08. The molecule has 0 aliphatic rings. The standard InChI is InChI=1S/C14H8N2O2S2/c1-7-5-8(9-3-2-4-19-9)10-11-12(20-13(10)16-7)14(17)18-6-15-11/h2-6H,1H3. The SMILES string of the molecule is Cc1cc(-c2cccs2)c2c(n1)sc1c(=O)ocnc12. The van der Waals surface area contributed by atoms with E-state index in [1.54, 1.807) is 11.3 Å². The molecule has 0 spiro atoms. The van der Waals surface area contributed by atoms with E-state index in [-0.39, 0.29) is 5.63 Å². The van der Waals surface area contributed by atoms with Crippen LogP contribution in [0.15, 0.2) is 39.2 Å². The van der Waals surface area contributed by atoms with Crippen LogP contribution >= 0.6 is 22.7 Å². The number of aryl methyl sites for hydroxylation is 1. The lowest BCUT2D eigenvalue weighted by Gasteiger charge is -2.02. The minimum atomic E-state index is -0.354. The van der Waals surface area contributed by atoms with Crippen LogP contribution in [0.25, 0.3) is 30.9 Å². The van der Waals surface area contributed by atoms with E-state index >= 15 is 0 Å². The minimum Gasteiger partial charge on any atom is -0.410 e. The summed E-state index contributed by atoms with van der Waals surface area (Å²) in [4.78, 5) is 22.6. The number of nitrogens with zero attached hydrogens (tertiary/aromatic N) is 2. The fourth-order valence-electron chi connectivity index (χ4n) is 2.27. The first-order valence-corrected chi connectivity index (χ1v) is 7.65. The molecular formula is C14H8N2O2S2. The lowest BCUT2D eigenvalue weighted by atomic mass is 10.1. The number of pyridine rings is 1. The fourth-order valence-corrected chi connectivity index (χ4v) is 4.10. The highest BCUT2D eigenvalue weighted by atomic mass is 32.1. The molecular weight excluding hydrogens is 292 g/mol. The quantitative estimate of drug-likeness (QED) is 0.536. The Morgan fingerprint density at radius 3 is 3.05 bits per heavy atom. The van der Waals surface area contributed by atoms with Crippen LogP contribution in [0.3, 0.4) is 0 Å². The highest BCUT2D eigenvalue weighted by Crippen LogP contribution is 2.38. The summed E-state index contributed by atoms with van der Waals surface area (Å²) in [7, 11) is 0. The van der Waals surface area contributed by atoms with Crippen molar-refractivity contribution in [2.75, 3.05) is 0 Å². The Morgan fingerprint density at radius 1 is 1.35 bits per heavy atom. The van der Waals surface area contributed by atoms with Crippen LogP contribution < -0.4 is 5.63 Å². The van der Waals surface area contributed by atoms with Crippen molar-refractivity contribution in [3.8, 4) is 10.4 Å². The molecule has 0 fully saturated rings. The molecule has 98 valence electrons. The Bertz CT molecular complexity index is 984. The first-order valence-electron chi connectivity index (χ1n) is 5.95. The molecule has 0 atom stereocenters. The van der Waals surface area contributed by atoms with Gasteiger partial charge in [0.2, 0.25) is 0 Å². The number of hydrogen-bond acceptors (Lipinski definition) is 6. The molecule has 4 aromatic heterocycles. The summed E-state index contributed by atoms with van der Waals surface area (Å²) in [5.41, 5.74) is 2.33. The van der Waals surface area contributed by atoms with Crippen LogP contribution in [0.2, 0.25) is 0 Å². The largest absolute Gasteiger partial charge is 0.410 e. The summed E-state index contributed by atoms with van der Waals surface area (Å²) in [6.45, 7) is 1.96. The molecule has 4 rings (SSSR count). The zero-order valence-corrected chi connectivity index (χ0v) is 12.0. The second-order valence-corrected chi connectivity index (χ2v) is 6.34. The molecule has 0 amide bonds. The Labute approximate surface area is 121 Å². The van der Waals surface area contributed by atoms with E-state index in [9.17, 15) is 4.79 Å². The summed E-state index contributed by atoms with van der Waals surface area (Å²) in [5, 5.41) is 2.97. The van der Waals surface area contributed by atoms with E-state index in [1.165, 1.54) is 17.7 Å². The molecule has 0 bridgehead atoms. The lowest BCUT2D eigenvalue weighted by Crippen LogP contribution is -1.96. The Morgan fingerprint density at radius 2 is 2.25 bits per heavy atom. The van der Waals surface area contributed by atoms with Crippen LogP contribution in [-0.2, 0) is 0 Å². The van der Waals surface area contributed by atoms with E-state index < -0.39 is 0 Å². The highest BCUT2D eigenvalue weighted by Gasteiger charge is 2.16. The molecule has 0 aliphatic carbocycles. The minimum absolute atomic E-state index is 0.354. The maximum absolute atomic E-state index is 11.8. The molecule has 0 aliphatic heterocycles. The van der Waals surface area contributed by atoms with Crippen LogP contribution in [0.5, 0.6) is 0 Å². The van der Waals surface area contributed by atoms with E-state index in [0.29, 0.717) is 10.2 Å². The predicted molar refractivity (Wildman–Crippen MR) is 81.5 cm³/mol. The van der Waals surface area contributed by atoms with Gasteiger partial charge < -0.3 is 4.42 Å². The van der Waals surface area contributed by atoms with Gasteiger partial charge in [-0.25, -0.2) is 14.8 Å². The third kappa shape index (κ3) is 1.62. The number of rotatable bonds is 1. The van der Waals surface area contributed by atoms with Crippen molar-refractivity contribution in [1.82, 2.24) is 9.97 Å². The Kier molecular flexibility index (Phi) is 2.48. The smallest absolute Gasteiger partial charge is 0.356 e. The zero-order valence-electron chi connectivity index (χ0n) is 10.4. The summed E-state index contributed by atoms with van der Waals surface area (Å²) < 4.78 is 5.38. The molecule has 0 saturated heterocycles. The second kappa shape index (κ2) is 4.22. The molecule has 6 heteroatoms. The molecule has 4 heterocycles. The van der Waals surface area contributed by atoms with Crippen molar-refractivity contribution in [2.24, 2.45) is 0 Å². The number of fused-ring (bicyclic) bond motifs is 3. The normalized spacial score (nSPS) is 11.4. The molecule has 0 unspecified atom stereocenters. The summed E-state index contributed by atoms with van der Waals surface area (Å²) >= 11 is 3.00. The molecule has 4 aromatic rings. The van der Waals surface area contributed by atoms with Gasteiger partial charge in [-0.3, -0.25) is 0 Å². The maximum atomic E-state index is 11.8. The van der Waals surface area contributed by atoms with E-state index in [4.69, 9.17) is 4.42 Å². The van der Waals surface area contributed by atoms with Gasteiger partial charge in [0.25, 0.3) is 0 Å². The number of hydrogen-bond donors (Lipinski definition) is 0. The van der Waals surface area contributed by atoms with Crippen LogP contribution in [0.4, 0.5) is 0 Å². The van der Waals surface area contributed by atoms with Gasteiger partial charge >= 0.3 is 5.63 Å². The Hall–Kier alpha value is -2.05. The molecule has 4 nitrogen and oxygen atoms in total. The van der Waals surface area contributed by atoms with Gasteiger partial charge in [-0.1, -0.05) is 6.07 Å². The van der Waals surface area contributed by atoms with Gasteiger partial charge in [-0.15, -0.1) is 22.7 Å². The first-order chi connectivity index (χ1) is 9.74. The Balaban J connectivity index is 2.26. The van der Waals surface area contributed by atoms with Crippen molar-refractivity contribution in [1.29, 1.82) is 0 Å². The van der Waals surface area contributed by atoms with Crippen molar-refractivity contribution in [3.63, 3.8) is 0 Å². The second-order valence-electron chi connectivity index (χ2n) is 4.39. The maximum Gasteiger partial charge on any atom is 0.356 e. The lowest BCUT2D eigenvalue weighted by molar-refractivity contribution is 0.502. The van der Waals surface area contributed by atoms with Crippen molar-refractivity contribution in [2.45, 2.75) is 6.92 Å². The van der Waals surface area contributed by atoms with Gasteiger partial charge in [0, 0.05) is 21.5 Å². The summed E-state index contributed by atoms with van der Waals surface area (Å²) in [6, 6.07) is 6.11. The van der Waals surface area contributed by atoms with E-state index in [0.717, 1.165) is 26.4 Å². The van der Waals surface area contributed by atoms with Crippen molar-refractivity contribution in [3.05, 3.63) is 46.1 Å². The summed E-state index contributed by atoms with van der Waals surface area (Å²) in [6.07, 6.45) is 1.20. The molecule has 20 heavy (non-hydrogen) atoms. The topological polar surface area (TPSA) is 56.0 Å². The van der Waals surface area contributed by atoms with Gasteiger partial charge in [0.05, 0.1) is 0 Å². The van der Waals surface area contributed by atoms with Crippen molar-refractivity contribution >= 4 is 43.1 Å². The van der Waals surface area contributed by atoms with Gasteiger partial charge in [0.1, 0.15) is 15.0 Å². The average molecular weight is 300 g/mol. The van der Waals surface area contributed by atoms with E-state index in [1.807, 2.05) is 24.4 Å². The summed E-state index contributed by atoms with van der Waals surface area (Å²) in [5.74, 6) is 0. The van der Waals surface area contributed by atoms with Crippen LogP contribution in [0.1, 0.15) is 5.69 Å². The monoisotopic (exact) mass is 300 g/mol. The van der Waals surface area contributed by atoms with Gasteiger partial charge in [-0.2, -0.15) is 0 Å². The third-order valence-corrected chi connectivity index (χ3v) is 5.03. The highest BCUT2D eigenvalue weighted by molar-refractivity contribution is 7.25. The van der Waals surface area contributed by atoms with E-state index in [2.05, 4.69) is 16.0 Å². The van der Waals surface area contributed by atoms with Gasteiger partial charge in [0.15, 0.2) is 6.39 Å². The molecule has 0 aromatic carbocycles. The predicted octanol–water partition coefficient (Wildman–Crippen LogP) is 3.83. The molecule has 0 saturated carbocycles. The molecule has 0 N–H and O–H groups in total. The van der Waals surface area contributed by atoms with Crippen molar-refractivity contribution < 1.29 is 4.42 Å². The van der Waals surface area contributed by atoms with Gasteiger partial charge in [-0.05, 0) is 24.4 Å². The first kappa shape index (κ1) is 11.7. The number of aromatic nitrogens is 2. The zero-order chi connectivity index (χ0) is 13.7. The number of thiophene rings is 2. The molecule has 0 radical (unpaired) electrons. The fraction of sp³-hybridized carbons (Fsp3) is 0.0714.